The van der Waals surface area contributed by atoms with Crippen molar-refractivity contribution in [3.8, 4) is 0 Å². The molecule has 1 aliphatic heterocycles. The van der Waals surface area contributed by atoms with Gasteiger partial charge in [-0.2, -0.15) is 0 Å². The summed E-state index contributed by atoms with van der Waals surface area (Å²) in [6, 6.07) is -1.14. The zero-order chi connectivity index (χ0) is 44.5. The molecule has 0 saturated carbocycles. The highest BCUT2D eigenvalue weighted by molar-refractivity contribution is 7.48. The van der Waals surface area contributed by atoms with Gasteiger partial charge in [0.1, 0.15) is 24.4 Å². The molecule has 1 rings (SSSR count). The van der Waals surface area contributed by atoms with Gasteiger partial charge in [0.15, 0.2) is 0 Å². The molecule has 350 valence electrons. The topological polar surface area (TPSA) is 144 Å². The Morgan fingerprint density at radius 3 is 1.92 bits per heavy atom. The molecule has 1 heterocycles. The molecule has 1 aliphatic rings. The lowest BCUT2D eigenvalue weighted by Crippen LogP contribution is -2.66. The average Bonchev–Trinajstić information content (AvgIpc) is 3.21. The first-order valence-corrected chi connectivity index (χ1v) is 24.8. The highest BCUT2D eigenvalue weighted by atomic mass is 35.6. The van der Waals surface area contributed by atoms with Crippen LogP contribution in [0.3, 0.4) is 0 Å². The quantitative estimate of drug-likeness (QED) is 0.0153. The second-order valence-corrected chi connectivity index (χ2v) is 19.1. The Hall–Kier alpha value is -1.02. The van der Waals surface area contributed by atoms with Crippen LogP contribution in [0, 0.1) is 5.41 Å². The summed E-state index contributed by atoms with van der Waals surface area (Å²) in [5, 5.41) is 11.4. The predicted molar refractivity (Wildman–Crippen MR) is 244 cm³/mol. The van der Waals surface area contributed by atoms with E-state index in [9.17, 15) is 9.36 Å². The summed E-state index contributed by atoms with van der Waals surface area (Å²) in [5.74, 6) is -1.05. The summed E-state index contributed by atoms with van der Waals surface area (Å²) in [6.45, 7) is 11.4. The van der Waals surface area contributed by atoms with Crippen LogP contribution < -0.4 is 5.32 Å². The third-order valence-electron chi connectivity index (χ3n) is 10.1. The third-order valence-corrected chi connectivity index (χ3v) is 12.1. The number of methoxy groups -OCH3 is 2. The van der Waals surface area contributed by atoms with Crippen molar-refractivity contribution in [2.45, 2.75) is 189 Å². The van der Waals surface area contributed by atoms with Crippen LogP contribution in [-0.4, -0.2) is 93.0 Å². The first-order valence-electron chi connectivity index (χ1n) is 22.2. The van der Waals surface area contributed by atoms with Crippen molar-refractivity contribution >= 4 is 54.4 Å². The minimum absolute atomic E-state index is 0.0990. The van der Waals surface area contributed by atoms with E-state index < -0.39 is 48.2 Å². The maximum absolute atomic E-state index is 14.1. The Balaban J connectivity index is 3.20. The number of hydrogen-bond donors (Lipinski definition) is 2. The Bertz CT molecular complexity index is 1210. The summed E-state index contributed by atoms with van der Waals surface area (Å²) in [5.41, 5.74) is 0. The van der Waals surface area contributed by atoms with Gasteiger partial charge in [0.25, 0.3) is 3.79 Å². The van der Waals surface area contributed by atoms with E-state index in [2.05, 4.69) is 44.5 Å². The maximum atomic E-state index is 14.1. The van der Waals surface area contributed by atoms with Crippen LogP contribution in [0.15, 0.2) is 37.5 Å². The van der Waals surface area contributed by atoms with E-state index in [0.717, 1.165) is 64.2 Å². The van der Waals surface area contributed by atoms with Gasteiger partial charge in [-0.15, -0.1) is 13.2 Å². The largest absolute Gasteiger partial charge is 0.475 e. The van der Waals surface area contributed by atoms with Gasteiger partial charge in [0.2, 0.25) is 18.1 Å². The fraction of sp³-hybridized carbons (Fsp3) is 0.818. The number of nitrogens with one attached hydrogen (secondary N) is 2. The van der Waals surface area contributed by atoms with Gasteiger partial charge in [0.05, 0.1) is 25.9 Å². The van der Waals surface area contributed by atoms with Crippen LogP contribution >= 0.6 is 42.6 Å². The molecule has 1 amide bonds. The maximum Gasteiger partial charge on any atom is 0.475 e. The third kappa shape index (κ3) is 25.9. The molecule has 2 N–H and O–H groups in total. The fourth-order valence-electron chi connectivity index (χ4n) is 6.80. The molecule has 1 saturated heterocycles. The normalized spacial score (nSPS) is 20.3. The predicted octanol–water partition coefficient (Wildman–Crippen LogP) is 12.3. The standard InChI is InChI=1S/C44H78Cl3N2O10P/c1-7-11-13-15-16-17-18-19-20-21-22-23-24-26-28-30-38(50)49-39-41(54-34-31-36(53-6)29-27-25-14-12-8-2)40(59-60(51,55-32-9-3)56-33-10-4)37(35-52-5)57-42(39)58-43(48)44(45,46)47/h9-10,17-18,36-37,39-42,48H,3-4,7-8,11-16,19-35H2,1-2,5-6H3,(H,49,50)/t36-,37-,39-,40-,41-,42-/m1/s1. The minimum atomic E-state index is -4.33. The lowest BCUT2D eigenvalue weighted by Gasteiger charge is -2.46. The molecule has 0 bridgehead atoms. The molecule has 1 fully saturated rings. The van der Waals surface area contributed by atoms with E-state index in [1.807, 2.05) is 0 Å². The first kappa shape index (κ1) is 57.0. The molecule has 12 nitrogen and oxygen atoms in total. The summed E-state index contributed by atoms with van der Waals surface area (Å²) >= 11 is 18.1. The fourth-order valence-corrected chi connectivity index (χ4v) is 8.26. The first-order chi connectivity index (χ1) is 28.9. The molecule has 0 aromatic heterocycles. The zero-order valence-electron chi connectivity index (χ0n) is 37.0. The molecule has 60 heavy (non-hydrogen) atoms. The number of ether oxygens (including phenoxy) is 5. The number of alkyl halides is 3. The van der Waals surface area contributed by atoms with Crippen LogP contribution in [0.25, 0.3) is 0 Å². The smallest absolute Gasteiger partial charge is 0.446 e. The van der Waals surface area contributed by atoms with Crippen LogP contribution in [0.5, 0.6) is 0 Å². The number of allylic oxidation sites excluding steroid dienone is 2. The van der Waals surface area contributed by atoms with E-state index in [1.165, 1.54) is 70.6 Å². The van der Waals surface area contributed by atoms with E-state index >= 15 is 0 Å². The van der Waals surface area contributed by atoms with Gasteiger partial charge >= 0.3 is 7.82 Å². The van der Waals surface area contributed by atoms with Crippen molar-refractivity contribution in [1.29, 1.82) is 5.41 Å². The molecule has 0 aromatic rings. The molecule has 0 radical (unpaired) electrons. The minimum Gasteiger partial charge on any atom is -0.446 e. The lowest BCUT2D eigenvalue weighted by atomic mass is 9.96. The summed E-state index contributed by atoms with van der Waals surface area (Å²) in [6.07, 6.45) is 24.4. The van der Waals surface area contributed by atoms with Gasteiger partial charge in [0, 0.05) is 27.2 Å². The summed E-state index contributed by atoms with van der Waals surface area (Å²) in [7, 11) is -1.21. The van der Waals surface area contributed by atoms with Gasteiger partial charge < -0.3 is 29.0 Å². The van der Waals surface area contributed by atoms with E-state index in [4.69, 9.17) is 77.5 Å². The van der Waals surface area contributed by atoms with Crippen molar-refractivity contribution in [3.63, 3.8) is 0 Å². The van der Waals surface area contributed by atoms with Crippen molar-refractivity contribution in [2.24, 2.45) is 0 Å². The van der Waals surface area contributed by atoms with Gasteiger partial charge in [-0.3, -0.25) is 23.8 Å². The number of hydrogen-bond acceptors (Lipinski definition) is 11. The zero-order valence-corrected chi connectivity index (χ0v) is 40.2. The number of carbonyl (C=O) groups excluding carboxylic acids is 1. The van der Waals surface area contributed by atoms with Crippen molar-refractivity contribution < 1.29 is 46.6 Å². The molecule has 0 spiro atoms. The van der Waals surface area contributed by atoms with Gasteiger partial charge in [-0.25, -0.2) is 4.57 Å². The van der Waals surface area contributed by atoms with Crippen LogP contribution in [0.2, 0.25) is 0 Å². The number of amides is 1. The van der Waals surface area contributed by atoms with E-state index in [0.29, 0.717) is 12.8 Å². The number of phosphoric ester groups is 1. The number of halogens is 3. The van der Waals surface area contributed by atoms with Crippen molar-refractivity contribution in [1.82, 2.24) is 5.32 Å². The monoisotopic (exact) mass is 930 g/mol. The summed E-state index contributed by atoms with van der Waals surface area (Å²) in [4.78, 5) is 13.7. The Kier molecular flexibility index (Phi) is 33.6. The van der Waals surface area contributed by atoms with E-state index in [1.54, 1.807) is 7.11 Å². The van der Waals surface area contributed by atoms with Crippen LogP contribution in [0.1, 0.15) is 149 Å². The Morgan fingerprint density at radius 1 is 0.817 bits per heavy atom. The van der Waals surface area contributed by atoms with E-state index in [-0.39, 0.29) is 44.9 Å². The lowest BCUT2D eigenvalue weighted by molar-refractivity contribution is -0.256. The molecular formula is C44H78Cl3N2O10P. The Morgan fingerprint density at radius 2 is 1.37 bits per heavy atom. The molecular weight excluding hydrogens is 854 g/mol. The molecule has 16 heteroatoms. The number of rotatable bonds is 38. The number of phosphoric acid groups is 1. The second kappa shape index (κ2) is 35.3. The highest BCUT2D eigenvalue weighted by Crippen LogP contribution is 2.52. The molecule has 0 aliphatic carbocycles. The SMILES string of the molecule is C=CCOP(=O)(OCC=C)O[C@H]1[C@H](OCC[C@@H](CCCCCCC)OC)[C@@H](NC(=O)CCCCCCCCCC=CCCCCCC)[C@@H](OC(=N)C(Cl)(Cl)Cl)O[C@@H]1COC. The average molecular weight is 932 g/mol. The molecule has 6 atom stereocenters. The van der Waals surface area contributed by atoms with Crippen molar-refractivity contribution in [3.05, 3.63) is 37.5 Å². The Labute approximate surface area is 377 Å². The molecule has 0 unspecified atom stereocenters. The molecule has 0 aromatic carbocycles. The number of carbonyl (C=O) groups is 1. The van der Waals surface area contributed by atoms with Gasteiger partial charge in [-0.05, 0) is 44.9 Å². The van der Waals surface area contributed by atoms with Gasteiger partial charge in [-0.1, -0.05) is 156 Å². The van der Waals surface area contributed by atoms with Crippen molar-refractivity contribution in [2.75, 3.05) is 40.6 Å². The number of unbranched alkanes of at least 4 members (excludes halogenated alkanes) is 15. The second-order valence-electron chi connectivity index (χ2n) is 15.2. The van der Waals surface area contributed by atoms with Crippen LogP contribution in [-0.2, 0) is 46.6 Å². The van der Waals surface area contributed by atoms with Crippen LogP contribution in [0.4, 0.5) is 0 Å². The highest BCUT2D eigenvalue weighted by Gasteiger charge is 2.53. The summed E-state index contributed by atoms with van der Waals surface area (Å²) < 4.78 is 59.0.